The molecule has 4 aromatic carbocycles. The Kier molecular flexibility index (Phi) is 8.10. The van der Waals surface area contributed by atoms with E-state index in [4.69, 9.17) is 4.74 Å². The normalized spacial score (nSPS) is 11.2. The minimum absolute atomic E-state index is 0.0497. The molecule has 0 aliphatic carbocycles. The van der Waals surface area contributed by atoms with E-state index in [1.165, 1.54) is 42.0 Å². The van der Waals surface area contributed by atoms with Gasteiger partial charge in [0.1, 0.15) is 5.75 Å². The number of benzene rings is 4. The molecule has 0 bridgehead atoms. The molecule has 0 saturated carbocycles. The second-order valence-corrected chi connectivity index (χ2v) is 8.46. The maximum atomic E-state index is 14.8. The van der Waals surface area contributed by atoms with Crippen LogP contribution in [0.5, 0.6) is 11.5 Å². The number of halogens is 6. The Morgan fingerprint density at radius 1 is 0.737 bits per heavy atom. The SMILES string of the molecule is CCCc1ccc(-c2ccc(C(F)(F)Oc3ccc(-c4cc(F)c(OC=C(F)F)c(F)c4)cc3)cc2)cc1. The van der Waals surface area contributed by atoms with Crippen LogP contribution in [0.2, 0.25) is 0 Å². The lowest BCUT2D eigenvalue weighted by atomic mass is 10.0. The lowest BCUT2D eigenvalue weighted by molar-refractivity contribution is -0.185. The first-order chi connectivity index (χ1) is 18.2. The van der Waals surface area contributed by atoms with Crippen LogP contribution in [0.25, 0.3) is 22.3 Å². The minimum atomic E-state index is -3.64. The molecule has 0 heterocycles. The van der Waals surface area contributed by atoms with Gasteiger partial charge in [-0.25, -0.2) is 8.78 Å². The highest BCUT2D eigenvalue weighted by atomic mass is 19.3. The number of hydrogen-bond acceptors (Lipinski definition) is 2. The molecule has 0 amide bonds. The number of alkyl halides is 2. The summed E-state index contributed by atoms with van der Waals surface area (Å²) in [7, 11) is 0. The largest absolute Gasteiger partial charge is 0.453 e. The van der Waals surface area contributed by atoms with Gasteiger partial charge in [-0.05, 0) is 70.6 Å². The van der Waals surface area contributed by atoms with Crippen molar-refractivity contribution in [1.82, 2.24) is 0 Å². The summed E-state index contributed by atoms with van der Waals surface area (Å²) in [6.07, 6.45) is -3.96. The van der Waals surface area contributed by atoms with Crippen molar-refractivity contribution in [1.29, 1.82) is 0 Å². The summed E-state index contributed by atoms with van der Waals surface area (Å²) in [4.78, 5) is 0. The maximum Gasteiger partial charge on any atom is 0.426 e. The molecule has 0 fully saturated rings. The van der Waals surface area contributed by atoms with Crippen LogP contribution in [0.3, 0.4) is 0 Å². The molecule has 4 aromatic rings. The van der Waals surface area contributed by atoms with Crippen LogP contribution in [0.4, 0.5) is 26.3 Å². The van der Waals surface area contributed by atoms with Crippen molar-refractivity contribution in [2.45, 2.75) is 25.9 Å². The Hall–Kier alpha value is -4.20. The average Bonchev–Trinajstić information content (AvgIpc) is 2.89. The van der Waals surface area contributed by atoms with Crippen LogP contribution in [-0.2, 0) is 12.5 Å². The first-order valence-electron chi connectivity index (χ1n) is 11.7. The van der Waals surface area contributed by atoms with Gasteiger partial charge in [-0.15, -0.1) is 0 Å². The van der Waals surface area contributed by atoms with Crippen molar-refractivity contribution >= 4 is 0 Å². The van der Waals surface area contributed by atoms with Crippen molar-refractivity contribution in [2.75, 3.05) is 0 Å². The van der Waals surface area contributed by atoms with E-state index in [1.807, 2.05) is 24.3 Å². The van der Waals surface area contributed by atoms with E-state index in [-0.39, 0.29) is 28.7 Å². The highest BCUT2D eigenvalue weighted by Gasteiger charge is 2.34. The molecule has 4 rings (SSSR count). The van der Waals surface area contributed by atoms with E-state index in [0.717, 1.165) is 36.1 Å². The first-order valence-corrected chi connectivity index (χ1v) is 11.7. The average molecular weight is 528 g/mol. The molecule has 2 nitrogen and oxygen atoms in total. The predicted octanol–water partition coefficient (Wildman–Crippen LogP) is 9.50. The Labute approximate surface area is 215 Å². The van der Waals surface area contributed by atoms with Crippen molar-refractivity contribution in [3.05, 3.63) is 120 Å². The van der Waals surface area contributed by atoms with Gasteiger partial charge in [-0.2, -0.15) is 17.6 Å². The van der Waals surface area contributed by atoms with Gasteiger partial charge in [-0.3, -0.25) is 0 Å². The molecule has 0 unspecified atom stereocenters. The summed E-state index contributed by atoms with van der Waals surface area (Å²) in [5, 5.41) is 0. The summed E-state index contributed by atoms with van der Waals surface area (Å²) in [6.45, 7) is 2.10. The van der Waals surface area contributed by atoms with Crippen molar-refractivity contribution in [2.24, 2.45) is 0 Å². The smallest absolute Gasteiger partial charge is 0.426 e. The van der Waals surface area contributed by atoms with Gasteiger partial charge < -0.3 is 9.47 Å². The van der Waals surface area contributed by atoms with E-state index >= 15 is 0 Å². The fourth-order valence-electron chi connectivity index (χ4n) is 3.87. The number of rotatable bonds is 9. The van der Waals surface area contributed by atoms with E-state index in [9.17, 15) is 26.3 Å². The first kappa shape index (κ1) is 26.9. The van der Waals surface area contributed by atoms with Crippen LogP contribution in [-0.4, -0.2) is 0 Å². The summed E-state index contributed by atoms with van der Waals surface area (Å²) in [6, 6.07) is 20.6. The Balaban J connectivity index is 1.46. The zero-order valence-electron chi connectivity index (χ0n) is 20.2. The highest BCUT2D eigenvalue weighted by molar-refractivity contribution is 5.66. The zero-order valence-corrected chi connectivity index (χ0v) is 20.2. The quantitative estimate of drug-likeness (QED) is 0.159. The molecular weight excluding hydrogens is 506 g/mol. The molecule has 8 heteroatoms. The fraction of sp³-hybridized carbons (Fsp3) is 0.133. The monoisotopic (exact) mass is 528 g/mol. The zero-order chi connectivity index (χ0) is 27.3. The second kappa shape index (κ2) is 11.5. The summed E-state index contributed by atoms with van der Waals surface area (Å²) in [5.41, 5.74) is 2.91. The molecular formula is C30H22F6O2. The van der Waals surface area contributed by atoms with Crippen LogP contribution >= 0.6 is 0 Å². The topological polar surface area (TPSA) is 18.5 Å². The lowest BCUT2D eigenvalue weighted by Crippen LogP contribution is -2.21. The van der Waals surface area contributed by atoms with Gasteiger partial charge in [0, 0.05) is 0 Å². The van der Waals surface area contributed by atoms with Crippen LogP contribution in [0, 0.1) is 11.6 Å². The van der Waals surface area contributed by atoms with Gasteiger partial charge in [0.05, 0.1) is 5.56 Å². The maximum absolute atomic E-state index is 14.8. The molecule has 0 aliphatic rings. The molecule has 0 radical (unpaired) electrons. The van der Waals surface area contributed by atoms with Crippen LogP contribution in [0.1, 0.15) is 24.5 Å². The van der Waals surface area contributed by atoms with Crippen LogP contribution < -0.4 is 9.47 Å². The predicted molar refractivity (Wildman–Crippen MR) is 133 cm³/mol. The molecule has 0 spiro atoms. The van der Waals surface area contributed by atoms with E-state index in [0.29, 0.717) is 0 Å². The van der Waals surface area contributed by atoms with Gasteiger partial charge >= 0.3 is 12.2 Å². The van der Waals surface area contributed by atoms with E-state index < -0.39 is 29.6 Å². The number of ether oxygens (including phenoxy) is 2. The molecule has 0 aliphatic heterocycles. The van der Waals surface area contributed by atoms with Gasteiger partial charge in [-0.1, -0.05) is 61.9 Å². The van der Waals surface area contributed by atoms with Crippen molar-refractivity contribution < 1.29 is 35.8 Å². The standard InChI is InChI=1S/C30H22F6O2/c1-2-3-19-4-6-20(7-5-19)21-8-12-24(13-9-21)30(35,36)38-25-14-10-22(11-15-25)23-16-26(31)29(27(32)17-23)37-18-28(33)34/h4-18H,2-3H2,1H3. The van der Waals surface area contributed by atoms with Crippen molar-refractivity contribution in [3.8, 4) is 33.8 Å². The number of aryl methyl sites for hydroxylation is 1. The third-order valence-electron chi connectivity index (χ3n) is 5.74. The molecule has 196 valence electrons. The molecule has 0 atom stereocenters. The van der Waals surface area contributed by atoms with Gasteiger partial charge in [0.25, 0.3) is 0 Å². The summed E-state index contributed by atoms with van der Waals surface area (Å²) in [5.74, 6) is -3.56. The highest BCUT2D eigenvalue weighted by Crippen LogP contribution is 2.35. The number of hydrogen-bond donors (Lipinski definition) is 0. The summed E-state index contributed by atoms with van der Waals surface area (Å²) >= 11 is 0. The molecule has 0 aromatic heterocycles. The third-order valence-corrected chi connectivity index (χ3v) is 5.74. The van der Waals surface area contributed by atoms with Gasteiger partial charge in [0.15, 0.2) is 23.6 Å². The third kappa shape index (κ3) is 6.37. The second-order valence-electron chi connectivity index (χ2n) is 8.46. The lowest BCUT2D eigenvalue weighted by Gasteiger charge is -2.19. The molecule has 0 N–H and O–H groups in total. The molecule has 38 heavy (non-hydrogen) atoms. The van der Waals surface area contributed by atoms with Crippen molar-refractivity contribution in [3.63, 3.8) is 0 Å². The minimum Gasteiger partial charge on any atom is -0.453 e. The fourth-order valence-corrected chi connectivity index (χ4v) is 3.87. The summed E-state index contributed by atoms with van der Waals surface area (Å²) < 4.78 is 91.5. The Bertz CT molecular complexity index is 1390. The Morgan fingerprint density at radius 3 is 1.76 bits per heavy atom. The van der Waals surface area contributed by atoms with Gasteiger partial charge in [0.2, 0.25) is 0 Å². The Morgan fingerprint density at radius 2 is 1.24 bits per heavy atom. The van der Waals surface area contributed by atoms with Crippen LogP contribution in [0.15, 0.2) is 97.3 Å². The van der Waals surface area contributed by atoms with E-state index in [1.54, 1.807) is 12.1 Å². The molecule has 0 saturated heterocycles. The van der Waals surface area contributed by atoms with E-state index in [2.05, 4.69) is 11.7 Å².